The Bertz CT molecular complexity index is 1270. The van der Waals surface area contributed by atoms with Gasteiger partial charge in [-0.25, -0.2) is 0 Å². The molecule has 0 bridgehead atoms. The molecule has 0 fully saturated rings. The standard InChI is InChI=1S/C22H15N3O5/c26-21(23-24-22(27)15-7-9-18-19(11-15)29-12-28-18)14-6-8-17-16(10-14)20(30-25-17)13-4-2-1-3-5-13/h1-11H,12H2,(H,23,26)(H,24,27). The van der Waals surface area contributed by atoms with E-state index in [9.17, 15) is 9.59 Å². The summed E-state index contributed by atoms with van der Waals surface area (Å²) in [7, 11) is 0. The van der Waals surface area contributed by atoms with Gasteiger partial charge in [-0.2, -0.15) is 0 Å². The molecule has 8 nitrogen and oxygen atoms in total. The van der Waals surface area contributed by atoms with Gasteiger partial charge in [0.05, 0.1) is 5.39 Å². The van der Waals surface area contributed by atoms with Crippen LogP contribution in [0.1, 0.15) is 20.7 Å². The lowest BCUT2D eigenvalue weighted by molar-refractivity contribution is 0.0846. The first-order chi connectivity index (χ1) is 14.7. The number of aromatic nitrogens is 1. The predicted octanol–water partition coefficient (Wildman–Crippen LogP) is 3.30. The molecule has 0 saturated heterocycles. The van der Waals surface area contributed by atoms with Crippen LogP contribution in [-0.2, 0) is 0 Å². The van der Waals surface area contributed by atoms with Gasteiger partial charge in [0.15, 0.2) is 17.3 Å². The van der Waals surface area contributed by atoms with Gasteiger partial charge in [0, 0.05) is 16.7 Å². The van der Waals surface area contributed by atoms with E-state index >= 15 is 0 Å². The topological polar surface area (TPSA) is 103 Å². The van der Waals surface area contributed by atoms with E-state index in [-0.39, 0.29) is 6.79 Å². The molecule has 0 atom stereocenters. The van der Waals surface area contributed by atoms with E-state index < -0.39 is 11.8 Å². The number of rotatable bonds is 3. The largest absolute Gasteiger partial charge is 0.454 e. The Kier molecular flexibility index (Phi) is 4.29. The molecular weight excluding hydrogens is 386 g/mol. The SMILES string of the molecule is O=C(NNC(=O)c1ccc2noc(-c3ccccc3)c2c1)c1ccc2c(c1)OCO2. The molecule has 5 rings (SSSR count). The van der Waals surface area contributed by atoms with Gasteiger partial charge >= 0.3 is 0 Å². The molecule has 1 aliphatic heterocycles. The number of benzene rings is 3. The average Bonchev–Trinajstić information content (AvgIpc) is 3.43. The molecule has 1 aliphatic rings. The maximum atomic E-state index is 12.6. The van der Waals surface area contributed by atoms with E-state index in [0.29, 0.717) is 39.3 Å². The van der Waals surface area contributed by atoms with Gasteiger partial charge in [0.1, 0.15) is 5.52 Å². The normalized spacial score (nSPS) is 12.0. The van der Waals surface area contributed by atoms with Crippen LogP contribution in [0.15, 0.2) is 71.3 Å². The molecule has 1 aromatic heterocycles. The number of amides is 2. The fraction of sp³-hybridized carbons (Fsp3) is 0.0455. The van der Waals surface area contributed by atoms with Crippen LogP contribution in [0.3, 0.4) is 0 Å². The Morgan fingerprint density at radius 2 is 1.50 bits per heavy atom. The first-order valence-electron chi connectivity index (χ1n) is 9.14. The molecule has 2 amide bonds. The lowest BCUT2D eigenvalue weighted by Gasteiger charge is -2.08. The molecule has 30 heavy (non-hydrogen) atoms. The minimum atomic E-state index is -0.474. The monoisotopic (exact) mass is 401 g/mol. The molecule has 2 N–H and O–H groups in total. The quantitative estimate of drug-likeness (QED) is 0.511. The summed E-state index contributed by atoms with van der Waals surface area (Å²) in [6.07, 6.45) is 0. The van der Waals surface area contributed by atoms with Crippen molar-refractivity contribution < 1.29 is 23.6 Å². The van der Waals surface area contributed by atoms with Gasteiger partial charge < -0.3 is 14.0 Å². The molecule has 3 aromatic carbocycles. The number of fused-ring (bicyclic) bond motifs is 2. The van der Waals surface area contributed by atoms with Gasteiger partial charge in [0.2, 0.25) is 6.79 Å². The lowest BCUT2D eigenvalue weighted by Crippen LogP contribution is -2.41. The molecule has 2 heterocycles. The number of hydrogen-bond acceptors (Lipinski definition) is 6. The van der Waals surface area contributed by atoms with Crippen molar-refractivity contribution in [2.24, 2.45) is 0 Å². The number of carbonyl (C=O) groups is 2. The van der Waals surface area contributed by atoms with Crippen LogP contribution in [0.4, 0.5) is 0 Å². The van der Waals surface area contributed by atoms with E-state index in [1.165, 1.54) is 0 Å². The number of ether oxygens (including phenoxy) is 2. The first kappa shape index (κ1) is 17.7. The molecule has 0 aliphatic carbocycles. The number of hydrogen-bond donors (Lipinski definition) is 2. The van der Waals surface area contributed by atoms with Crippen molar-refractivity contribution >= 4 is 22.7 Å². The summed E-state index contributed by atoms with van der Waals surface area (Å²) in [6, 6.07) is 19.3. The highest BCUT2D eigenvalue weighted by atomic mass is 16.7. The van der Waals surface area contributed by atoms with Crippen LogP contribution in [0, 0.1) is 0 Å². The second kappa shape index (κ2) is 7.25. The second-order valence-corrected chi connectivity index (χ2v) is 6.59. The van der Waals surface area contributed by atoms with Crippen molar-refractivity contribution in [3.63, 3.8) is 0 Å². The van der Waals surface area contributed by atoms with E-state index in [1.54, 1.807) is 36.4 Å². The predicted molar refractivity (Wildman–Crippen MR) is 107 cm³/mol. The van der Waals surface area contributed by atoms with E-state index in [1.807, 2.05) is 30.3 Å². The number of hydrazine groups is 1. The fourth-order valence-electron chi connectivity index (χ4n) is 3.18. The third kappa shape index (κ3) is 3.20. The molecule has 0 radical (unpaired) electrons. The van der Waals surface area contributed by atoms with Gasteiger partial charge in [-0.3, -0.25) is 20.4 Å². The van der Waals surface area contributed by atoms with Crippen LogP contribution in [0.2, 0.25) is 0 Å². The minimum absolute atomic E-state index is 0.119. The van der Waals surface area contributed by atoms with Crippen molar-refractivity contribution in [1.29, 1.82) is 0 Å². The van der Waals surface area contributed by atoms with Gasteiger partial charge in [-0.15, -0.1) is 0 Å². The summed E-state index contributed by atoms with van der Waals surface area (Å²) in [4.78, 5) is 24.9. The molecule has 0 unspecified atom stereocenters. The molecule has 148 valence electrons. The van der Waals surface area contributed by atoms with Crippen LogP contribution in [-0.4, -0.2) is 23.8 Å². The summed E-state index contributed by atoms with van der Waals surface area (Å²) < 4.78 is 15.9. The summed E-state index contributed by atoms with van der Waals surface area (Å²) in [6.45, 7) is 0.119. The van der Waals surface area contributed by atoms with Crippen LogP contribution in [0.5, 0.6) is 11.5 Å². The summed E-state index contributed by atoms with van der Waals surface area (Å²) in [5.74, 6) is 0.695. The second-order valence-electron chi connectivity index (χ2n) is 6.59. The number of nitrogens with one attached hydrogen (secondary N) is 2. The minimum Gasteiger partial charge on any atom is -0.454 e. The highest BCUT2D eigenvalue weighted by Crippen LogP contribution is 2.32. The third-order valence-corrected chi connectivity index (χ3v) is 4.70. The Hall–Kier alpha value is -4.33. The van der Waals surface area contributed by atoms with Crippen molar-refractivity contribution in [3.8, 4) is 22.8 Å². The molecule has 0 saturated carbocycles. The Morgan fingerprint density at radius 3 is 2.30 bits per heavy atom. The number of carbonyl (C=O) groups excluding carboxylic acids is 2. The fourth-order valence-corrected chi connectivity index (χ4v) is 3.18. The maximum absolute atomic E-state index is 12.6. The highest BCUT2D eigenvalue weighted by molar-refractivity contribution is 6.02. The summed E-state index contributed by atoms with van der Waals surface area (Å²) >= 11 is 0. The van der Waals surface area contributed by atoms with Gasteiger partial charge in [-0.1, -0.05) is 35.5 Å². The average molecular weight is 401 g/mol. The number of nitrogens with zero attached hydrogens (tertiary/aromatic N) is 1. The molecule has 0 spiro atoms. The van der Waals surface area contributed by atoms with Crippen LogP contribution >= 0.6 is 0 Å². The third-order valence-electron chi connectivity index (χ3n) is 4.70. The molecular formula is C22H15N3O5. The van der Waals surface area contributed by atoms with E-state index in [0.717, 1.165) is 5.56 Å². The van der Waals surface area contributed by atoms with Crippen molar-refractivity contribution in [1.82, 2.24) is 16.0 Å². The van der Waals surface area contributed by atoms with E-state index in [4.69, 9.17) is 14.0 Å². The first-order valence-corrected chi connectivity index (χ1v) is 9.14. The molecule has 4 aromatic rings. The smallest absolute Gasteiger partial charge is 0.269 e. The maximum Gasteiger partial charge on any atom is 0.269 e. The van der Waals surface area contributed by atoms with Gasteiger partial charge in [0.25, 0.3) is 11.8 Å². The van der Waals surface area contributed by atoms with Crippen molar-refractivity contribution in [2.75, 3.05) is 6.79 Å². The zero-order valence-electron chi connectivity index (χ0n) is 15.5. The zero-order chi connectivity index (χ0) is 20.5. The lowest BCUT2D eigenvalue weighted by atomic mass is 10.1. The van der Waals surface area contributed by atoms with Crippen LogP contribution in [0.25, 0.3) is 22.2 Å². The van der Waals surface area contributed by atoms with Crippen molar-refractivity contribution in [3.05, 3.63) is 77.9 Å². The summed E-state index contributed by atoms with van der Waals surface area (Å²) in [5, 5.41) is 4.74. The molecule has 8 heteroatoms. The van der Waals surface area contributed by atoms with Crippen molar-refractivity contribution in [2.45, 2.75) is 0 Å². The Morgan fingerprint density at radius 1 is 0.800 bits per heavy atom. The Labute approximate surface area is 170 Å². The summed E-state index contributed by atoms with van der Waals surface area (Å²) in [5.41, 5.74) is 7.00. The van der Waals surface area contributed by atoms with Gasteiger partial charge in [-0.05, 0) is 36.4 Å². The van der Waals surface area contributed by atoms with Crippen LogP contribution < -0.4 is 20.3 Å². The Balaban J connectivity index is 1.33. The van der Waals surface area contributed by atoms with E-state index in [2.05, 4.69) is 16.0 Å². The highest BCUT2D eigenvalue weighted by Gasteiger charge is 2.18. The zero-order valence-corrected chi connectivity index (χ0v) is 15.5.